The van der Waals surface area contributed by atoms with Crippen LogP contribution in [0.15, 0.2) is 61.2 Å². The summed E-state index contributed by atoms with van der Waals surface area (Å²) in [6, 6.07) is 16.3. The van der Waals surface area contributed by atoms with Crippen LogP contribution in [0, 0.1) is 0 Å². The summed E-state index contributed by atoms with van der Waals surface area (Å²) in [7, 11) is 2.18. The summed E-state index contributed by atoms with van der Waals surface area (Å²) in [5.41, 5.74) is 3.21. The van der Waals surface area contributed by atoms with Crippen LogP contribution in [0.5, 0.6) is 0 Å². The van der Waals surface area contributed by atoms with Gasteiger partial charge in [0, 0.05) is 38.2 Å². The van der Waals surface area contributed by atoms with E-state index in [0.717, 1.165) is 38.9 Å². The molecular weight excluding hydrogens is 452 g/mol. The van der Waals surface area contributed by atoms with E-state index in [1.54, 1.807) is 35.4 Å². The molecule has 8 nitrogen and oxygen atoms in total. The zero-order valence-corrected chi connectivity index (χ0v) is 20.4. The van der Waals surface area contributed by atoms with E-state index in [2.05, 4.69) is 51.7 Å². The average Bonchev–Trinajstić information content (AvgIpc) is 3.38. The molecule has 1 saturated heterocycles. The number of carbonyl (C=O) groups is 2. The van der Waals surface area contributed by atoms with Crippen LogP contribution < -0.4 is 5.32 Å². The minimum atomic E-state index is -0.179. The maximum atomic E-state index is 13.2. The van der Waals surface area contributed by atoms with Crippen LogP contribution in [-0.2, 0) is 11.2 Å². The quantitative estimate of drug-likeness (QED) is 0.557. The number of rotatable bonds is 7. The Bertz CT molecular complexity index is 1080. The van der Waals surface area contributed by atoms with Gasteiger partial charge >= 0.3 is 0 Å². The molecule has 9 heteroatoms. The van der Waals surface area contributed by atoms with E-state index >= 15 is 0 Å². The molecule has 1 N–H and O–H groups in total. The van der Waals surface area contributed by atoms with Gasteiger partial charge in [0.05, 0.1) is 11.4 Å². The maximum Gasteiger partial charge on any atom is 0.253 e. The van der Waals surface area contributed by atoms with Crippen molar-refractivity contribution >= 4 is 29.9 Å². The first-order valence-electron chi connectivity index (χ1n) is 11.3. The Morgan fingerprint density at radius 1 is 1.06 bits per heavy atom. The predicted molar refractivity (Wildman–Crippen MR) is 135 cm³/mol. The first kappa shape index (κ1) is 25.4. The lowest BCUT2D eigenvalue weighted by atomic mass is 10.0. The van der Waals surface area contributed by atoms with Gasteiger partial charge < -0.3 is 15.1 Å². The van der Waals surface area contributed by atoms with E-state index in [1.165, 1.54) is 12.5 Å². The van der Waals surface area contributed by atoms with Crippen LogP contribution >= 0.6 is 12.4 Å². The number of nitrogens with one attached hydrogen (secondary N) is 1. The van der Waals surface area contributed by atoms with Crippen LogP contribution in [0.2, 0.25) is 0 Å². The SMILES string of the molecule is CC(=O)Nc1ccc(C(=O)N2CCC(N(C)CCc3ccccc3)CC2)cc1-n1cnnc1.Cl. The third kappa shape index (κ3) is 6.21. The standard InChI is InChI=1S/C25H30N6O2.ClH/c1-19(32)28-23-9-8-21(16-24(23)31-17-26-27-18-31)25(33)30-14-11-22(12-15-30)29(2)13-10-20-6-4-3-5-7-20;/h3-9,16-18,22H,10-15H2,1-2H3,(H,28,32);1H. The summed E-state index contributed by atoms with van der Waals surface area (Å²) in [6.45, 7) is 3.93. The van der Waals surface area contributed by atoms with Crippen molar-refractivity contribution < 1.29 is 9.59 Å². The number of anilines is 1. The Balaban J connectivity index is 0.00000324. The largest absolute Gasteiger partial charge is 0.339 e. The van der Waals surface area contributed by atoms with Crippen LogP contribution in [0.1, 0.15) is 35.7 Å². The lowest BCUT2D eigenvalue weighted by Gasteiger charge is -2.37. The Hall–Kier alpha value is -3.23. The smallest absolute Gasteiger partial charge is 0.253 e. The lowest BCUT2D eigenvalue weighted by molar-refractivity contribution is -0.114. The van der Waals surface area contributed by atoms with E-state index < -0.39 is 0 Å². The minimum absolute atomic E-state index is 0. The van der Waals surface area contributed by atoms with E-state index in [4.69, 9.17) is 0 Å². The number of likely N-dealkylation sites (tertiary alicyclic amines) is 1. The molecule has 180 valence electrons. The number of carbonyl (C=O) groups excluding carboxylic acids is 2. The third-order valence-electron chi connectivity index (χ3n) is 6.22. The maximum absolute atomic E-state index is 13.2. The molecule has 4 rings (SSSR count). The topological polar surface area (TPSA) is 83.4 Å². The van der Waals surface area contributed by atoms with Crippen LogP contribution in [-0.4, -0.2) is 69.1 Å². The number of likely N-dealkylation sites (N-methyl/N-ethyl adjacent to an activating group) is 1. The normalized spacial score (nSPS) is 14.0. The first-order valence-corrected chi connectivity index (χ1v) is 11.3. The van der Waals surface area contributed by atoms with Gasteiger partial charge in [-0.15, -0.1) is 22.6 Å². The second kappa shape index (κ2) is 11.8. The van der Waals surface area contributed by atoms with E-state index in [0.29, 0.717) is 23.0 Å². The zero-order valence-electron chi connectivity index (χ0n) is 19.6. The number of hydrogen-bond donors (Lipinski definition) is 1. The van der Waals surface area contributed by atoms with E-state index in [9.17, 15) is 9.59 Å². The molecule has 34 heavy (non-hydrogen) atoms. The Morgan fingerprint density at radius 2 is 1.74 bits per heavy atom. The molecule has 1 fully saturated rings. The van der Waals surface area contributed by atoms with Crippen molar-refractivity contribution in [1.82, 2.24) is 24.6 Å². The molecule has 0 spiro atoms. The monoisotopic (exact) mass is 482 g/mol. The van der Waals surface area contributed by atoms with Crippen LogP contribution in [0.4, 0.5) is 5.69 Å². The van der Waals surface area contributed by atoms with Crippen molar-refractivity contribution in [2.45, 2.75) is 32.2 Å². The Labute approximate surface area is 206 Å². The van der Waals surface area contributed by atoms with Gasteiger partial charge in [0.25, 0.3) is 5.91 Å². The number of aromatic nitrogens is 3. The summed E-state index contributed by atoms with van der Waals surface area (Å²) in [5, 5.41) is 10.5. The van der Waals surface area contributed by atoms with Gasteiger partial charge in [-0.1, -0.05) is 30.3 Å². The van der Waals surface area contributed by atoms with E-state index in [-0.39, 0.29) is 24.2 Å². The zero-order chi connectivity index (χ0) is 23.2. The molecular formula is C25H31ClN6O2. The minimum Gasteiger partial charge on any atom is -0.339 e. The number of amides is 2. The highest BCUT2D eigenvalue weighted by Gasteiger charge is 2.26. The fourth-order valence-electron chi connectivity index (χ4n) is 4.32. The first-order chi connectivity index (χ1) is 16.0. The number of nitrogens with zero attached hydrogens (tertiary/aromatic N) is 5. The van der Waals surface area contributed by atoms with E-state index in [1.807, 2.05) is 11.0 Å². The highest BCUT2D eigenvalue weighted by Crippen LogP contribution is 2.24. The van der Waals surface area contributed by atoms with Gasteiger partial charge in [-0.05, 0) is 50.1 Å². The highest BCUT2D eigenvalue weighted by molar-refractivity contribution is 5.97. The van der Waals surface area contributed by atoms with Crippen molar-refractivity contribution in [2.75, 3.05) is 32.0 Å². The molecule has 2 heterocycles. The van der Waals surface area contributed by atoms with Crippen molar-refractivity contribution in [1.29, 1.82) is 0 Å². The Kier molecular flexibility index (Phi) is 8.79. The number of hydrogen-bond acceptors (Lipinski definition) is 5. The summed E-state index contributed by atoms with van der Waals surface area (Å²) < 4.78 is 1.69. The van der Waals surface area contributed by atoms with Gasteiger partial charge in [-0.3, -0.25) is 14.2 Å². The number of halogens is 1. The van der Waals surface area contributed by atoms with Crippen LogP contribution in [0.25, 0.3) is 5.69 Å². The number of piperidine rings is 1. The molecule has 1 aliphatic rings. The van der Waals surface area contributed by atoms with Gasteiger partial charge in [-0.25, -0.2) is 0 Å². The average molecular weight is 483 g/mol. The molecule has 0 atom stereocenters. The second-order valence-electron chi connectivity index (χ2n) is 8.52. The molecule has 0 unspecified atom stereocenters. The summed E-state index contributed by atoms with van der Waals surface area (Å²) >= 11 is 0. The molecule has 0 bridgehead atoms. The van der Waals surface area contributed by atoms with Crippen molar-refractivity contribution in [3.8, 4) is 5.69 Å². The summed E-state index contributed by atoms with van der Waals surface area (Å²) in [6.07, 6.45) is 6.04. The highest BCUT2D eigenvalue weighted by atomic mass is 35.5. The van der Waals surface area contributed by atoms with Gasteiger partial charge in [-0.2, -0.15) is 0 Å². The van der Waals surface area contributed by atoms with Crippen molar-refractivity contribution in [3.05, 3.63) is 72.3 Å². The summed E-state index contributed by atoms with van der Waals surface area (Å²) in [5.74, 6) is -0.175. The molecule has 1 aliphatic heterocycles. The van der Waals surface area contributed by atoms with Crippen molar-refractivity contribution in [2.24, 2.45) is 0 Å². The molecule has 2 amide bonds. The second-order valence-corrected chi connectivity index (χ2v) is 8.52. The van der Waals surface area contributed by atoms with Crippen molar-refractivity contribution in [3.63, 3.8) is 0 Å². The predicted octanol–water partition coefficient (Wildman–Crippen LogP) is 3.43. The third-order valence-corrected chi connectivity index (χ3v) is 6.22. The Morgan fingerprint density at radius 3 is 2.38 bits per heavy atom. The fourth-order valence-corrected chi connectivity index (χ4v) is 4.32. The van der Waals surface area contributed by atoms with Gasteiger partial charge in [0.2, 0.25) is 5.91 Å². The molecule has 0 radical (unpaired) electrons. The molecule has 2 aromatic carbocycles. The summed E-state index contributed by atoms with van der Waals surface area (Å²) in [4.78, 5) is 29.1. The molecule has 0 aliphatic carbocycles. The van der Waals surface area contributed by atoms with Gasteiger partial charge in [0.1, 0.15) is 12.7 Å². The van der Waals surface area contributed by atoms with Crippen LogP contribution in [0.3, 0.4) is 0 Å². The van der Waals surface area contributed by atoms with Gasteiger partial charge in [0.15, 0.2) is 0 Å². The molecule has 1 aromatic heterocycles. The number of benzene rings is 2. The molecule has 3 aromatic rings. The fraction of sp³-hybridized carbons (Fsp3) is 0.360. The molecule has 0 saturated carbocycles. The lowest BCUT2D eigenvalue weighted by Crippen LogP contribution is -2.46.